The van der Waals surface area contributed by atoms with Gasteiger partial charge >= 0.3 is 0 Å². The maximum atomic E-state index is 8.67. The summed E-state index contributed by atoms with van der Waals surface area (Å²) in [5.74, 6) is 0.497. The third kappa shape index (κ3) is 3.00. The Balaban J connectivity index is 2.97. The van der Waals surface area contributed by atoms with E-state index in [0.717, 1.165) is 0 Å². The molecule has 1 atom stereocenters. The molecule has 2 nitrogen and oxygen atoms in total. The minimum Gasteiger partial charge on any atom is -0.381 e. The SMILES string of the molecule is Cc1cccc(C(C)C)c1NC(C)CC#N. The van der Waals surface area contributed by atoms with Crippen LogP contribution in [0.1, 0.15) is 44.2 Å². The van der Waals surface area contributed by atoms with Gasteiger partial charge in [-0.2, -0.15) is 5.26 Å². The molecule has 0 spiro atoms. The van der Waals surface area contributed by atoms with Crippen LogP contribution in [-0.2, 0) is 0 Å². The van der Waals surface area contributed by atoms with E-state index in [1.807, 2.05) is 6.92 Å². The van der Waals surface area contributed by atoms with Crippen molar-refractivity contribution in [1.82, 2.24) is 0 Å². The maximum Gasteiger partial charge on any atom is 0.0643 e. The molecule has 0 aliphatic heterocycles. The summed E-state index contributed by atoms with van der Waals surface area (Å²) < 4.78 is 0. The predicted octanol–water partition coefficient (Wildman–Crippen LogP) is 3.83. The summed E-state index contributed by atoms with van der Waals surface area (Å²) >= 11 is 0. The van der Waals surface area contributed by atoms with Crippen molar-refractivity contribution >= 4 is 5.69 Å². The van der Waals surface area contributed by atoms with Crippen molar-refractivity contribution < 1.29 is 0 Å². The van der Waals surface area contributed by atoms with E-state index in [4.69, 9.17) is 5.26 Å². The molecule has 0 amide bonds. The van der Waals surface area contributed by atoms with Crippen molar-refractivity contribution in [3.05, 3.63) is 29.3 Å². The van der Waals surface area contributed by atoms with Gasteiger partial charge in [-0.1, -0.05) is 32.0 Å². The maximum absolute atomic E-state index is 8.67. The second kappa shape index (κ2) is 5.55. The fourth-order valence-electron chi connectivity index (χ4n) is 1.80. The molecule has 1 rings (SSSR count). The van der Waals surface area contributed by atoms with Crippen LogP contribution in [0.4, 0.5) is 5.69 Å². The van der Waals surface area contributed by atoms with Crippen LogP contribution in [0.5, 0.6) is 0 Å². The van der Waals surface area contributed by atoms with Gasteiger partial charge in [0, 0.05) is 11.7 Å². The summed E-state index contributed by atoms with van der Waals surface area (Å²) in [6.45, 7) is 8.52. The monoisotopic (exact) mass is 216 g/mol. The number of nitrogens with zero attached hydrogens (tertiary/aromatic N) is 1. The summed E-state index contributed by atoms with van der Waals surface area (Å²) in [7, 11) is 0. The predicted molar refractivity (Wildman–Crippen MR) is 68.6 cm³/mol. The molecule has 1 aromatic carbocycles. The van der Waals surface area contributed by atoms with Crippen LogP contribution in [0.3, 0.4) is 0 Å². The number of nitrogens with one attached hydrogen (secondary N) is 1. The third-order valence-corrected chi connectivity index (χ3v) is 2.72. The largest absolute Gasteiger partial charge is 0.381 e. The average molecular weight is 216 g/mol. The lowest BCUT2D eigenvalue weighted by Crippen LogP contribution is -2.16. The zero-order valence-electron chi connectivity index (χ0n) is 10.5. The Kier molecular flexibility index (Phi) is 4.37. The van der Waals surface area contributed by atoms with E-state index in [9.17, 15) is 0 Å². The summed E-state index contributed by atoms with van der Waals surface area (Å²) in [6.07, 6.45) is 0.534. The van der Waals surface area contributed by atoms with E-state index >= 15 is 0 Å². The van der Waals surface area contributed by atoms with Crippen LogP contribution in [-0.4, -0.2) is 6.04 Å². The van der Waals surface area contributed by atoms with Crippen LogP contribution in [0, 0.1) is 18.3 Å². The number of aryl methyl sites for hydroxylation is 1. The summed E-state index contributed by atoms with van der Waals surface area (Å²) in [5, 5.41) is 12.1. The smallest absolute Gasteiger partial charge is 0.0643 e. The Labute approximate surface area is 98.3 Å². The standard InChI is InChI=1S/C14H20N2/c1-10(2)13-7-5-6-11(3)14(13)16-12(4)8-9-15/h5-7,10,12,16H,8H2,1-4H3. The first kappa shape index (κ1) is 12.6. The van der Waals surface area contributed by atoms with E-state index in [2.05, 4.69) is 50.4 Å². The lowest BCUT2D eigenvalue weighted by atomic mass is 9.97. The van der Waals surface area contributed by atoms with Crippen molar-refractivity contribution in [1.29, 1.82) is 5.26 Å². The topological polar surface area (TPSA) is 35.8 Å². The van der Waals surface area contributed by atoms with Crippen LogP contribution in [0.25, 0.3) is 0 Å². The molecule has 0 fully saturated rings. The summed E-state index contributed by atoms with van der Waals surface area (Å²) in [6, 6.07) is 8.74. The molecule has 1 aromatic rings. The fraction of sp³-hybridized carbons (Fsp3) is 0.500. The van der Waals surface area contributed by atoms with Crippen LogP contribution in [0.15, 0.2) is 18.2 Å². The Hall–Kier alpha value is -1.49. The Morgan fingerprint density at radius 1 is 1.31 bits per heavy atom. The van der Waals surface area contributed by atoms with Crippen molar-refractivity contribution in [2.24, 2.45) is 0 Å². The summed E-state index contributed by atoms with van der Waals surface area (Å²) in [4.78, 5) is 0. The highest BCUT2D eigenvalue weighted by Gasteiger charge is 2.10. The molecule has 0 saturated heterocycles. The molecule has 0 heterocycles. The van der Waals surface area contributed by atoms with Crippen LogP contribution < -0.4 is 5.32 Å². The number of nitriles is 1. The van der Waals surface area contributed by atoms with Gasteiger partial charge in [-0.25, -0.2) is 0 Å². The minimum absolute atomic E-state index is 0.198. The Morgan fingerprint density at radius 3 is 2.56 bits per heavy atom. The fourth-order valence-corrected chi connectivity index (χ4v) is 1.80. The van der Waals surface area contributed by atoms with Gasteiger partial charge in [0.15, 0.2) is 0 Å². The number of hydrogen-bond acceptors (Lipinski definition) is 2. The number of hydrogen-bond donors (Lipinski definition) is 1. The third-order valence-electron chi connectivity index (χ3n) is 2.72. The van der Waals surface area contributed by atoms with Gasteiger partial charge in [-0.15, -0.1) is 0 Å². The molecule has 0 aromatic heterocycles. The van der Waals surface area contributed by atoms with Crippen LogP contribution >= 0.6 is 0 Å². The first-order chi connectivity index (χ1) is 7.56. The van der Waals surface area contributed by atoms with E-state index < -0.39 is 0 Å². The van der Waals surface area contributed by atoms with Gasteiger partial charge in [-0.05, 0) is 30.9 Å². The molecule has 2 heteroatoms. The molecule has 0 saturated carbocycles. The van der Waals surface area contributed by atoms with Gasteiger partial charge in [-0.3, -0.25) is 0 Å². The molecular weight excluding hydrogens is 196 g/mol. The molecular formula is C14H20N2. The molecule has 16 heavy (non-hydrogen) atoms. The normalized spacial score (nSPS) is 12.2. The van der Waals surface area contributed by atoms with E-state index in [1.165, 1.54) is 16.8 Å². The molecule has 86 valence electrons. The van der Waals surface area contributed by atoms with Crippen molar-refractivity contribution in [2.45, 2.75) is 46.1 Å². The van der Waals surface area contributed by atoms with Crippen LogP contribution in [0.2, 0.25) is 0 Å². The molecule has 0 aliphatic carbocycles. The Morgan fingerprint density at radius 2 is 2.00 bits per heavy atom. The number of para-hydroxylation sites is 1. The van der Waals surface area contributed by atoms with Gasteiger partial charge in [0.1, 0.15) is 0 Å². The second-order valence-electron chi connectivity index (χ2n) is 4.60. The zero-order chi connectivity index (χ0) is 12.1. The average Bonchev–Trinajstić information content (AvgIpc) is 2.21. The zero-order valence-corrected chi connectivity index (χ0v) is 10.5. The molecule has 0 aliphatic rings. The van der Waals surface area contributed by atoms with Crippen molar-refractivity contribution in [3.8, 4) is 6.07 Å². The van der Waals surface area contributed by atoms with Gasteiger partial charge in [0.25, 0.3) is 0 Å². The first-order valence-electron chi connectivity index (χ1n) is 5.79. The Bertz CT molecular complexity index is 388. The van der Waals surface area contributed by atoms with Gasteiger partial charge in [0.2, 0.25) is 0 Å². The molecule has 1 unspecified atom stereocenters. The molecule has 0 radical (unpaired) electrons. The highest BCUT2D eigenvalue weighted by atomic mass is 14.9. The minimum atomic E-state index is 0.198. The molecule has 0 bridgehead atoms. The van der Waals surface area contributed by atoms with E-state index in [1.54, 1.807) is 0 Å². The summed E-state index contributed by atoms with van der Waals surface area (Å²) in [5.41, 5.74) is 3.76. The first-order valence-corrected chi connectivity index (χ1v) is 5.79. The van der Waals surface area contributed by atoms with Crippen molar-refractivity contribution in [2.75, 3.05) is 5.32 Å². The van der Waals surface area contributed by atoms with Crippen molar-refractivity contribution in [3.63, 3.8) is 0 Å². The van der Waals surface area contributed by atoms with Gasteiger partial charge < -0.3 is 5.32 Å². The molecule has 1 N–H and O–H groups in total. The lowest BCUT2D eigenvalue weighted by Gasteiger charge is -2.20. The number of rotatable bonds is 4. The van der Waals surface area contributed by atoms with E-state index in [0.29, 0.717) is 12.3 Å². The second-order valence-corrected chi connectivity index (χ2v) is 4.60. The van der Waals surface area contributed by atoms with Gasteiger partial charge in [0.05, 0.1) is 12.5 Å². The quantitative estimate of drug-likeness (QED) is 0.830. The van der Waals surface area contributed by atoms with E-state index in [-0.39, 0.29) is 6.04 Å². The number of benzene rings is 1. The lowest BCUT2D eigenvalue weighted by molar-refractivity contribution is 0.804. The highest BCUT2D eigenvalue weighted by molar-refractivity contribution is 5.58. The number of anilines is 1. The highest BCUT2D eigenvalue weighted by Crippen LogP contribution is 2.28.